The number of aliphatic hydroxyl groups is 1. The van der Waals surface area contributed by atoms with Crippen molar-refractivity contribution in [3.05, 3.63) is 29.0 Å². The van der Waals surface area contributed by atoms with Gasteiger partial charge in [0.15, 0.2) is 0 Å². The van der Waals surface area contributed by atoms with Gasteiger partial charge in [-0.2, -0.15) is 0 Å². The predicted octanol–water partition coefficient (Wildman–Crippen LogP) is 3.73. The zero-order valence-corrected chi connectivity index (χ0v) is 15.9. The van der Waals surface area contributed by atoms with Gasteiger partial charge in [0.1, 0.15) is 0 Å². The number of aromatic nitrogens is 1. The summed E-state index contributed by atoms with van der Waals surface area (Å²) in [6.45, 7) is 7.43. The Bertz CT molecular complexity index is 481. The quantitative estimate of drug-likeness (QED) is 0.898. The van der Waals surface area contributed by atoms with Gasteiger partial charge in [-0.05, 0) is 50.8 Å². The Balaban J connectivity index is 0.00000100. The molecular weight excluding hydrogens is 324 g/mol. The van der Waals surface area contributed by atoms with E-state index in [1.54, 1.807) is 6.20 Å². The summed E-state index contributed by atoms with van der Waals surface area (Å²) < 4.78 is 5.51. The molecular formula is C19H31ClN2O2. The highest BCUT2D eigenvalue weighted by Crippen LogP contribution is 2.44. The van der Waals surface area contributed by atoms with Crippen molar-refractivity contribution in [1.82, 2.24) is 9.88 Å². The first-order chi connectivity index (χ1) is 11.6. The summed E-state index contributed by atoms with van der Waals surface area (Å²) in [5.74, 6) is 0.498. The molecule has 0 saturated carbocycles. The second-order valence-electron chi connectivity index (χ2n) is 6.74. The third-order valence-electron chi connectivity index (χ3n) is 5.24. The monoisotopic (exact) mass is 354 g/mol. The van der Waals surface area contributed by atoms with Crippen LogP contribution in [0.15, 0.2) is 18.3 Å². The molecule has 2 fully saturated rings. The van der Waals surface area contributed by atoms with Gasteiger partial charge in [-0.25, -0.2) is 0 Å². The third kappa shape index (κ3) is 4.69. The van der Waals surface area contributed by atoms with Crippen LogP contribution in [-0.4, -0.2) is 53.9 Å². The number of rotatable bonds is 3. The fourth-order valence-corrected chi connectivity index (χ4v) is 4.00. The van der Waals surface area contributed by atoms with Gasteiger partial charge in [0.25, 0.3) is 0 Å². The second-order valence-corrected chi connectivity index (χ2v) is 7.17. The number of ether oxygens (including phenoxy) is 1. The first-order valence-electron chi connectivity index (χ1n) is 9.19. The van der Waals surface area contributed by atoms with Gasteiger partial charge in [-0.3, -0.25) is 4.98 Å². The normalized spacial score (nSPS) is 23.2. The summed E-state index contributed by atoms with van der Waals surface area (Å²) in [6.07, 6.45) is 5.29. The molecule has 2 aliphatic heterocycles. The van der Waals surface area contributed by atoms with Gasteiger partial charge in [0.2, 0.25) is 0 Å². The molecule has 24 heavy (non-hydrogen) atoms. The van der Waals surface area contributed by atoms with Crippen LogP contribution in [0.1, 0.15) is 51.1 Å². The van der Waals surface area contributed by atoms with Crippen LogP contribution < -0.4 is 0 Å². The van der Waals surface area contributed by atoms with Crippen LogP contribution in [0, 0.1) is 5.92 Å². The molecule has 1 aromatic rings. The van der Waals surface area contributed by atoms with Gasteiger partial charge in [-0.15, -0.1) is 0 Å². The first kappa shape index (κ1) is 19.6. The van der Waals surface area contributed by atoms with Crippen LogP contribution in [0.25, 0.3) is 0 Å². The molecule has 1 atom stereocenters. The molecule has 1 aromatic heterocycles. The van der Waals surface area contributed by atoms with Gasteiger partial charge < -0.3 is 14.7 Å². The Kier molecular flexibility index (Phi) is 7.48. The van der Waals surface area contributed by atoms with E-state index in [0.717, 1.165) is 57.7 Å². The van der Waals surface area contributed by atoms with E-state index in [9.17, 15) is 5.11 Å². The van der Waals surface area contributed by atoms with Gasteiger partial charge in [0, 0.05) is 44.1 Å². The minimum absolute atomic E-state index is 0.0716. The summed E-state index contributed by atoms with van der Waals surface area (Å²) in [7, 11) is 2.11. The van der Waals surface area contributed by atoms with Gasteiger partial charge in [-0.1, -0.05) is 25.4 Å². The maximum Gasteiger partial charge on any atom is 0.0758 e. The van der Waals surface area contributed by atoms with Crippen LogP contribution in [0.3, 0.4) is 0 Å². The Hall–Kier alpha value is -0.680. The molecule has 1 N–H and O–H groups in total. The number of pyridine rings is 1. The number of likely N-dealkylation sites (tertiary alicyclic amines) is 1. The summed E-state index contributed by atoms with van der Waals surface area (Å²) in [5, 5.41) is 12.0. The van der Waals surface area contributed by atoms with E-state index in [1.165, 1.54) is 0 Å². The SMILES string of the molecule is CC.CN1CCC(O)(C(c2ccc(Cl)cn2)C2CCOCC2)CC1. The van der Waals surface area contributed by atoms with E-state index in [-0.39, 0.29) is 5.92 Å². The lowest BCUT2D eigenvalue weighted by atomic mass is 9.69. The zero-order valence-electron chi connectivity index (χ0n) is 15.2. The molecule has 0 aromatic carbocycles. The predicted molar refractivity (Wildman–Crippen MR) is 98.6 cm³/mol. The minimum atomic E-state index is -0.671. The lowest BCUT2D eigenvalue weighted by Gasteiger charge is -2.45. The Labute approximate surface area is 151 Å². The molecule has 4 nitrogen and oxygen atoms in total. The Morgan fingerprint density at radius 1 is 1.25 bits per heavy atom. The first-order valence-corrected chi connectivity index (χ1v) is 9.56. The Morgan fingerprint density at radius 2 is 1.88 bits per heavy atom. The van der Waals surface area contributed by atoms with Crippen LogP contribution in [0.2, 0.25) is 5.02 Å². The van der Waals surface area contributed by atoms with Crippen LogP contribution >= 0.6 is 11.6 Å². The molecule has 1 unspecified atom stereocenters. The Morgan fingerprint density at radius 3 is 2.42 bits per heavy atom. The molecule has 2 aliphatic rings. The van der Waals surface area contributed by atoms with Crippen LogP contribution in [-0.2, 0) is 4.74 Å². The number of halogens is 1. The molecule has 0 radical (unpaired) electrons. The third-order valence-corrected chi connectivity index (χ3v) is 5.46. The number of hydrogen-bond acceptors (Lipinski definition) is 4. The van der Waals surface area contributed by atoms with Gasteiger partial charge in [0.05, 0.1) is 10.6 Å². The lowest BCUT2D eigenvalue weighted by molar-refractivity contribution is -0.0691. The fraction of sp³-hybridized carbons (Fsp3) is 0.737. The standard InChI is InChI=1S/C17H25ClN2O2.C2H6/c1-20-8-6-17(21,7-9-20)16(13-4-10-22-11-5-13)15-3-2-14(18)12-19-15;1-2/h2-3,12-13,16,21H,4-11H2,1H3;1-2H3. The number of nitrogens with zero attached hydrogens (tertiary/aromatic N) is 2. The molecule has 2 saturated heterocycles. The maximum atomic E-state index is 11.4. The summed E-state index contributed by atoms with van der Waals surface area (Å²) in [6, 6.07) is 3.87. The van der Waals surface area contributed by atoms with Crippen molar-refractivity contribution < 1.29 is 9.84 Å². The molecule has 3 rings (SSSR count). The van der Waals surface area contributed by atoms with Crippen molar-refractivity contribution in [3.8, 4) is 0 Å². The minimum Gasteiger partial charge on any atom is -0.389 e. The second kappa shape index (κ2) is 9.14. The lowest BCUT2D eigenvalue weighted by Crippen LogP contribution is -2.49. The smallest absolute Gasteiger partial charge is 0.0758 e. The van der Waals surface area contributed by atoms with Crippen molar-refractivity contribution in [2.75, 3.05) is 33.4 Å². The average Bonchev–Trinajstić information content (AvgIpc) is 2.62. The molecule has 0 aliphatic carbocycles. The van der Waals surface area contributed by atoms with Crippen LogP contribution in [0.5, 0.6) is 0 Å². The summed E-state index contributed by atoms with van der Waals surface area (Å²) in [5.41, 5.74) is 0.304. The van der Waals surface area contributed by atoms with Crippen molar-refractivity contribution >= 4 is 11.6 Å². The van der Waals surface area contributed by atoms with E-state index in [2.05, 4.69) is 16.9 Å². The largest absolute Gasteiger partial charge is 0.389 e. The van der Waals surface area contributed by atoms with Crippen molar-refractivity contribution in [1.29, 1.82) is 0 Å². The van der Waals surface area contributed by atoms with Gasteiger partial charge >= 0.3 is 0 Å². The van der Waals surface area contributed by atoms with Crippen molar-refractivity contribution in [2.45, 2.75) is 51.0 Å². The number of piperidine rings is 1. The molecule has 5 heteroatoms. The highest BCUT2D eigenvalue weighted by atomic mass is 35.5. The van der Waals surface area contributed by atoms with Crippen molar-refractivity contribution in [3.63, 3.8) is 0 Å². The molecule has 0 amide bonds. The molecule has 0 spiro atoms. The van der Waals surface area contributed by atoms with E-state index in [4.69, 9.17) is 16.3 Å². The van der Waals surface area contributed by atoms with Crippen LogP contribution in [0.4, 0.5) is 0 Å². The summed E-state index contributed by atoms with van der Waals surface area (Å²) >= 11 is 5.99. The fourth-order valence-electron chi connectivity index (χ4n) is 3.89. The van der Waals surface area contributed by atoms with E-state index < -0.39 is 5.60 Å². The highest BCUT2D eigenvalue weighted by molar-refractivity contribution is 6.30. The molecule has 3 heterocycles. The van der Waals surface area contributed by atoms with E-state index in [1.807, 2.05) is 26.0 Å². The average molecular weight is 355 g/mol. The van der Waals surface area contributed by atoms with E-state index >= 15 is 0 Å². The number of hydrogen-bond donors (Lipinski definition) is 1. The molecule has 0 bridgehead atoms. The summed E-state index contributed by atoms with van der Waals surface area (Å²) in [4.78, 5) is 6.83. The molecule has 136 valence electrons. The van der Waals surface area contributed by atoms with E-state index in [0.29, 0.717) is 10.9 Å². The zero-order chi connectivity index (χ0) is 17.6. The van der Waals surface area contributed by atoms with Crippen molar-refractivity contribution in [2.24, 2.45) is 5.92 Å². The highest BCUT2D eigenvalue weighted by Gasteiger charge is 2.44. The topological polar surface area (TPSA) is 45.6 Å². The maximum absolute atomic E-state index is 11.4.